The Balaban J connectivity index is 2.42. The number of hydrogen-bond donors (Lipinski definition) is 2. The summed E-state index contributed by atoms with van der Waals surface area (Å²) in [6.45, 7) is 0. The first kappa shape index (κ1) is 6.03. The van der Waals surface area contributed by atoms with Gasteiger partial charge in [-0.25, -0.2) is 0 Å². The lowest BCUT2D eigenvalue weighted by Crippen LogP contribution is -2.11. The van der Waals surface area contributed by atoms with Gasteiger partial charge >= 0.3 is 0 Å². The van der Waals surface area contributed by atoms with Crippen molar-refractivity contribution < 1.29 is 5.21 Å². The second-order valence-electron chi connectivity index (χ2n) is 1.97. The quantitative estimate of drug-likeness (QED) is 0.558. The highest BCUT2D eigenvalue weighted by Crippen LogP contribution is 2.34. The lowest BCUT2D eigenvalue weighted by molar-refractivity contribution is 0.0471. The van der Waals surface area contributed by atoms with Crippen molar-refractivity contribution in [3.63, 3.8) is 0 Å². The van der Waals surface area contributed by atoms with E-state index in [0.717, 1.165) is 15.2 Å². The van der Waals surface area contributed by atoms with E-state index in [1.165, 1.54) is 11.9 Å². The van der Waals surface area contributed by atoms with E-state index in [4.69, 9.17) is 5.21 Å². The molecule has 0 atom stereocenters. The largest absolute Gasteiger partial charge is 0.285 e. The van der Waals surface area contributed by atoms with Crippen LogP contribution in [0.4, 0.5) is 5.69 Å². The minimum Gasteiger partial charge on any atom is -0.285 e. The highest BCUT2D eigenvalue weighted by atomic mass is 32.2. The Morgan fingerprint density at radius 2 is 2.20 bits per heavy atom. The summed E-state index contributed by atoms with van der Waals surface area (Å²) >= 11 is 1.27. The standard InChI is InChI=1S/C6H6N2OS/c9-8-7-5-3-1-2-4-6(5)10-8/h1-4,7,9H. The maximum absolute atomic E-state index is 8.94. The molecule has 52 valence electrons. The highest BCUT2D eigenvalue weighted by molar-refractivity contribution is 7.97. The molecule has 0 bridgehead atoms. The van der Waals surface area contributed by atoms with Crippen molar-refractivity contribution in [3.05, 3.63) is 24.3 Å². The summed E-state index contributed by atoms with van der Waals surface area (Å²) in [6, 6.07) is 7.72. The monoisotopic (exact) mass is 154 g/mol. The summed E-state index contributed by atoms with van der Waals surface area (Å²) in [5.74, 6) is 0. The molecule has 3 nitrogen and oxygen atoms in total. The normalized spacial score (nSPS) is 16.5. The predicted molar refractivity (Wildman–Crippen MR) is 39.5 cm³/mol. The van der Waals surface area contributed by atoms with Gasteiger partial charge in [0.1, 0.15) is 0 Å². The average Bonchev–Trinajstić information content (AvgIpc) is 2.27. The Morgan fingerprint density at radius 1 is 1.40 bits per heavy atom. The Hall–Kier alpha value is -0.710. The second kappa shape index (κ2) is 2.16. The number of fused-ring (bicyclic) bond motifs is 1. The van der Waals surface area contributed by atoms with Crippen LogP contribution in [0.25, 0.3) is 0 Å². The first-order chi connectivity index (χ1) is 4.86. The zero-order valence-electron chi connectivity index (χ0n) is 5.11. The Labute approximate surface area is 62.7 Å². The number of nitrogens with one attached hydrogen (secondary N) is 1. The summed E-state index contributed by atoms with van der Waals surface area (Å²) in [4.78, 5) is 1.05. The van der Waals surface area contributed by atoms with E-state index in [-0.39, 0.29) is 0 Å². The van der Waals surface area contributed by atoms with Gasteiger partial charge in [-0.2, -0.15) is 0 Å². The van der Waals surface area contributed by atoms with Gasteiger partial charge < -0.3 is 0 Å². The van der Waals surface area contributed by atoms with Crippen LogP contribution in [0.15, 0.2) is 29.2 Å². The molecule has 1 aliphatic rings. The summed E-state index contributed by atoms with van der Waals surface area (Å²) < 4.78 is 0.991. The number of hydrogen-bond acceptors (Lipinski definition) is 4. The smallest absolute Gasteiger partial charge is 0.0672 e. The number of hydrazine groups is 1. The van der Waals surface area contributed by atoms with Crippen LogP contribution in [-0.2, 0) is 0 Å². The summed E-state index contributed by atoms with van der Waals surface area (Å²) in [6.07, 6.45) is 0. The summed E-state index contributed by atoms with van der Waals surface area (Å²) in [5, 5.41) is 8.94. The van der Waals surface area contributed by atoms with Crippen molar-refractivity contribution >= 4 is 17.6 Å². The van der Waals surface area contributed by atoms with Crippen molar-refractivity contribution in [2.75, 3.05) is 5.43 Å². The van der Waals surface area contributed by atoms with Crippen LogP contribution >= 0.6 is 11.9 Å². The fourth-order valence-corrected chi connectivity index (χ4v) is 1.54. The third kappa shape index (κ3) is 0.862. The maximum atomic E-state index is 8.94. The van der Waals surface area contributed by atoms with E-state index in [2.05, 4.69) is 5.43 Å². The topological polar surface area (TPSA) is 35.5 Å². The predicted octanol–water partition coefficient (Wildman–Crippen LogP) is 1.73. The molecule has 0 spiro atoms. The van der Waals surface area contributed by atoms with Gasteiger partial charge in [0.05, 0.1) is 10.6 Å². The molecule has 4 heteroatoms. The van der Waals surface area contributed by atoms with Gasteiger partial charge in [0, 0.05) is 11.9 Å². The number of anilines is 1. The molecule has 0 aromatic heterocycles. The van der Waals surface area contributed by atoms with E-state index in [9.17, 15) is 0 Å². The number of rotatable bonds is 0. The fraction of sp³-hybridized carbons (Fsp3) is 0. The molecular formula is C6H6N2OS. The van der Waals surface area contributed by atoms with E-state index in [1.54, 1.807) is 0 Å². The fourth-order valence-electron chi connectivity index (χ4n) is 0.858. The Kier molecular flexibility index (Phi) is 1.30. The second-order valence-corrected chi connectivity index (χ2v) is 2.94. The third-order valence-corrected chi connectivity index (χ3v) is 2.10. The average molecular weight is 154 g/mol. The zero-order valence-corrected chi connectivity index (χ0v) is 5.93. The molecule has 1 heterocycles. The van der Waals surface area contributed by atoms with Gasteiger partial charge in [0.2, 0.25) is 0 Å². The molecule has 10 heavy (non-hydrogen) atoms. The van der Waals surface area contributed by atoms with Crippen molar-refractivity contribution in [2.45, 2.75) is 4.90 Å². The van der Waals surface area contributed by atoms with Crippen molar-refractivity contribution in [1.29, 1.82) is 0 Å². The van der Waals surface area contributed by atoms with E-state index in [1.807, 2.05) is 24.3 Å². The molecule has 0 saturated heterocycles. The first-order valence-electron chi connectivity index (χ1n) is 2.89. The minimum absolute atomic E-state index is 0.954. The first-order valence-corrected chi connectivity index (χ1v) is 3.66. The maximum Gasteiger partial charge on any atom is 0.0672 e. The lowest BCUT2D eigenvalue weighted by atomic mass is 10.3. The van der Waals surface area contributed by atoms with Gasteiger partial charge in [-0.3, -0.25) is 10.6 Å². The molecule has 0 amide bonds. The number of benzene rings is 1. The molecule has 1 aromatic carbocycles. The van der Waals surface area contributed by atoms with Crippen molar-refractivity contribution in [1.82, 2.24) is 4.58 Å². The number of para-hydroxylation sites is 1. The van der Waals surface area contributed by atoms with Crippen LogP contribution in [-0.4, -0.2) is 9.78 Å². The highest BCUT2D eigenvalue weighted by Gasteiger charge is 2.15. The lowest BCUT2D eigenvalue weighted by Gasteiger charge is -2.01. The molecule has 0 radical (unpaired) electrons. The molecule has 1 aliphatic heterocycles. The molecule has 2 rings (SSSR count). The third-order valence-electron chi connectivity index (χ3n) is 1.29. The van der Waals surface area contributed by atoms with Gasteiger partial charge in [-0.05, 0) is 16.7 Å². The number of nitrogens with zero attached hydrogens (tertiary/aromatic N) is 1. The van der Waals surface area contributed by atoms with Crippen LogP contribution in [0.5, 0.6) is 0 Å². The molecule has 0 unspecified atom stereocenters. The molecule has 1 aromatic rings. The summed E-state index contributed by atoms with van der Waals surface area (Å²) in [7, 11) is 0. The van der Waals surface area contributed by atoms with Crippen LogP contribution in [0.1, 0.15) is 0 Å². The SMILES string of the molecule is ON1Nc2ccccc2S1. The van der Waals surface area contributed by atoms with Crippen LogP contribution < -0.4 is 5.43 Å². The summed E-state index contributed by atoms with van der Waals surface area (Å²) in [5.41, 5.74) is 3.70. The Morgan fingerprint density at radius 3 is 3.00 bits per heavy atom. The van der Waals surface area contributed by atoms with Crippen LogP contribution in [0, 0.1) is 0 Å². The Bertz CT molecular complexity index is 228. The van der Waals surface area contributed by atoms with Gasteiger partial charge in [0.15, 0.2) is 0 Å². The van der Waals surface area contributed by atoms with E-state index in [0.29, 0.717) is 0 Å². The molecule has 2 N–H and O–H groups in total. The van der Waals surface area contributed by atoms with Gasteiger partial charge in [0.25, 0.3) is 0 Å². The van der Waals surface area contributed by atoms with Crippen molar-refractivity contribution in [2.24, 2.45) is 0 Å². The van der Waals surface area contributed by atoms with Crippen LogP contribution in [0.2, 0.25) is 0 Å². The molecular weight excluding hydrogens is 148 g/mol. The van der Waals surface area contributed by atoms with E-state index < -0.39 is 0 Å². The molecule has 0 saturated carbocycles. The van der Waals surface area contributed by atoms with Gasteiger partial charge in [-0.1, -0.05) is 12.1 Å². The van der Waals surface area contributed by atoms with Crippen molar-refractivity contribution in [3.8, 4) is 0 Å². The molecule has 0 aliphatic carbocycles. The molecule has 0 fully saturated rings. The zero-order chi connectivity index (χ0) is 6.97. The minimum atomic E-state index is 0.954. The van der Waals surface area contributed by atoms with Crippen LogP contribution in [0.3, 0.4) is 0 Å². The van der Waals surface area contributed by atoms with Gasteiger partial charge in [-0.15, -0.1) is 0 Å². The van der Waals surface area contributed by atoms with E-state index >= 15 is 0 Å².